The number of carbonyl (C=O) groups is 1. The summed E-state index contributed by atoms with van der Waals surface area (Å²) in [7, 11) is 0. The number of halogens is 1. The summed E-state index contributed by atoms with van der Waals surface area (Å²) in [5.41, 5.74) is 0. The van der Waals surface area contributed by atoms with E-state index < -0.39 is 0 Å². The number of ether oxygens (including phenoxy) is 2. The van der Waals surface area contributed by atoms with Crippen molar-refractivity contribution in [2.75, 3.05) is 26.3 Å². The maximum atomic E-state index is 12.7. The van der Waals surface area contributed by atoms with E-state index in [0.29, 0.717) is 38.5 Å². The van der Waals surface area contributed by atoms with Gasteiger partial charge < -0.3 is 14.4 Å². The van der Waals surface area contributed by atoms with E-state index in [1.54, 1.807) is 17.0 Å². The Kier molecular flexibility index (Phi) is 4.74. The zero-order chi connectivity index (χ0) is 13.7. The lowest BCUT2D eigenvalue weighted by molar-refractivity contribution is -0.138. The van der Waals surface area contributed by atoms with Crippen LogP contribution in [0.5, 0.6) is 5.75 Å². The summed E-state index contributed by atoms with van der Waals surface area (Å²) in [6.45, 7) is 4.12. The molecule has 104 valence electrons. The van der Waals surface area contributed by atoms with Gasteiger partial charge >= 0.3 is 0 Å². The Morgan fingerprint density at radius 2 is 2.21 bits per heavy atom. The van der Waals surface area contributed by atoms with Crippen LogP contribution in [0.1, 0.15) is 13.3 Å². The Hall–Kier alpha value is -1.62. The van der Waals surface area contributed by atoms with Gasteiger partial charge in [0.2, 0.25) is 5.91 Å². The van der Waals surface area contributed by atoms with Crippen molar-refractivity contribution >= 4 is 5.91 Å². The minimum absolute atomic E-state index is 0.0669. The van der Waals surface area contributed by atoms with E-state index in [1.165, 1.54) is 12.1 Å². The maximum Gasteiger partial charge on any atom is 0.226 e. The molecule has 5 heteroatoms. The van der Waals surface area contributed by atoms with Gasteiger partial charge in [-0.05, 0) is 31.2 Å². The predicted octanol–water partition coefficient (Wildman–Crippen LogP) is 1.84. The van der Waals surface area contributed by atoms with Gasteiger partial charge in [-0.3, -0.25) is 4.79 Å². The quantitative estimate of drug-likeness (QED) is 0.835. The molecule has 1 heterocycles. The first-order valence-electron chi connectivity index (χ1n) is 6.43. The Bertz CT molecular complexity index is 421. The van der Waals surface area contributed by atoms with Crippen LogP contribution in [0.3, 0.4) is 0 Å². The highest BCUT2D eigenvalue weighted by atomic mass is 19.1. The highest BCUT2D eigenvalue weighted by Crippen LogP contribution is 2.12. The first-order chi connectivity index (χ1) is 9.15. The highest BCUT2D eigenvalue weighted by Gasteiger charge is 2.20. The van der Waals surface area contributed by atoms with Crippen molar-refractivity contribution in [1.29, 1.82) is 0 Å². The number of hydrogen-bond donors (Lipinski definition) is 0. The van der Waals surface area contributed by atoms with Crippen molar-refractivity contribution in [2.45, 2.75) is 19.4 Å². The number of rotatable bonds is 4. The summed E-state index contributed by atoms with van der Waals surface area (Å²) in [5.74, 6) is 0.340. The summed E-state index contributed by atoms with van der Waals surface area (Å²) in [6.07, 6.45) is 0.417. The number of amides is 1. The lowest BCUT2D eigenvalue weighted by Gasteiger charge is -2.31. The molecule has 0 bridgehead atoms. The van der Waals surface area contributed by atoms with E-state index in [9.17, 15) is 9.18 Å². The fraction of sp³-hybridized carbons (Fsp3) is 0.500. The SMILES string of the molecule is C[C@H]1CN(C(=O)CCOc2ccc(F)cc2)CCO1. The van der Waals surface area contributed by atoms with Gasteiger partial charge in [0.05, 0.1) is 25.7 Å². The van der Waals surface area contributed by atoms with Crippen LogP contribution in [0.25, 0.3) is 0 Å². The smallest absolute Gasteiger partial charge is 0.226 e. The first kappa shape index (κ1) is 13.8. The maximum absolute atomic E-state index is 12.7. The van der Waals surface area contributed by atoms with Crippen LogP contribution in [0.2, 0.25) is 0 Å². The third-order valence-electron chi connectivity index (χ3n) is 2.99. The molecular weight excluding hydrogens is 249 g/mol. The molecule has 0 unspecified atom stereocenters. The number of carbonyl (C=O) groups excluding carboxylic acids is 1. The van der Waals surface area contributed by atoms with Crippen molar-refractivity contribution < 1.29 is 18.7 Å². The zero-order valence-electron chi connectivity index (χ0n) is 11.0. The predicted molar refractivity (Wildman–Crippen MR) is 68.5 cm³/mol. The topological polar surface area (TPSA) is 38.8 Å². The molecule has 0 aromatic heterocycles. The van der Waals surface area contributed by atoms with Crippen molar-refractivity contribution in [1.82, 2.24) is 4.90 Å². The van der Waals surface area contributed by atoms with Crippen molar-refractivity contribution in [2.24, 2.45) is 0 Å². The molecule has 0 saturated carbocycles. The number of nitrogens with zero attached hydrogens (tertiary/aromatic N) is 1. The molecule has 2 rings (SSSR count). The average molecular weight is 267 g/mol. The molecule has 1 aliphatic rings. The van der Waals surface area contributed by atoms with Gasteiger partial charge in [-0.2, -0.15) is 0 Å². The molecule has 1 aromatic carbocycles. The lowest BCUT2D eigenvalue weighted by atomic mass is 10.2. The molecule has 0 spiro atoms. The van der Waals surface area contributed by atoms with Crippen LogP contribution in [0.15, 0.2) is 24.3 Å². The van der Waals surface area contributed by atoms with Crippen LogP contribution >= 0.6 is 0 Å². The Morgan fingerprint density at radius 3 is 2.89 bits per heavy atom. The highest BCUT2D eigenvalue weighted by molar-refractivity contribution is 5.76. The summed E-state index contributed by atoms with van der Waals surface area (Å²) in [6, 6.07) is 5.77. The van der Waals surface area contributed by atoms with Gasteiger partial charge in [0.15, 0.2) is 0 Å². The minimum atomic E-state index is -0.300. The van der Waals surface area contributed by atoms with E-state index >= 15 is 0 Å². The average Bonchev–Trinajstić information content (AvgIpc) is 2.41. The minimum Gasteiger partial charge on any atom is -0.493 e. The molecule has 1 saturated heterocycles. The third-order valence-corrected chi connectivity index (χ3v) is 2.99. The second-order valence-corrected chi connectivity index (χ2v) is 4.57. The fourth-order valence-electron chi connectivity index (χ4n) is 1.99. The summed E-state index contributed by atoms with van der Waals surface area (Å²) >= 11 is 0. The Morgan fingerprint density at radius 1 is 1.47 bits per heavy atom. The molecular formula is C14H18FNO3. The van der Waals surface area contributed by atoms with Gasteiger partial charge in [-0.1, -0.05) is 0 Å². The number of benzene rings is 1. The van der Waals surface area contributed by atoms with E-state index in [1.807, 2.05) is 6.92 Å². The summed E-state index contributed by atoms with van der Waals surface area (Å²) in [5, 5.41) is 0. The largest absolute Gasteiger partial charge is 0.493 e. The molecule has 1 aliphatic heterocycles. The zero-order valence-corrected chi connectivity index (χ0v) is 11.0. The van der Waals surface area contributed by atoms with Gasteiger partial charge in [0, 0.05) is 13.1 Å². The molecule has 0 aliphatic carbocycles. The molecule has 19 heavy (non-hydrogen) atoms. The molecule has 1 fully saturated rings. The molecule has 0 N–H and O–H groups in total. The summed E-state index contributed by atoms with van der Waals surface area (Å²) in [4.78, 5) is 13.7. The lowest BCUT2D eigenvalue weighted by Crippen LogP contribution is -2.44. The number of hydrogen-bond acceptors (Lipinski definition) is 3. The van der Waals surface area contributed by atoms with Crippen LogP contribution < -0.4 is 4.74 Å². The second kappa shape index (κ2) is 6.52. The van der Waals surface area contributed by atoms with E-state index in [2.05, 4.69) is 0 Å². The van der Waals surface area contributed by atoms with Crippen LogP contribution in [0.4, 0.5) is 4.39 Å². The standard InChI is InChI=1S/C14H18FNO3/c1-11-10-16(7-9-18-11)14(17)6-8-19-13-4-2-12(15)3-5-13/h2-5,11H,6-10H2,1H3/t11-/m0/s1. The Balaban J connectivity index is 1.73. The van der Waals surface area contributed by atoms with E-state index in [0.717, 1.165) is 0 Å². The fourth-order valence-corrected chi connectivity index (χ4v) is 1.99. The van der Waals surface area contributed by atoms with Gasteiger partial charge in [0.1, 0.15) is 11.6 Å². The van der Waals surface area contributed by atoms with Crippen LogP contribution in [-0.2, 0) is 9.53 Å². The van der Waals surface area contributed by atoms with E-state index in [-0.39, 0.29) is 17.8 Å². The monoisotopic (exact) mass is 267 g/mol. The third kappa shape index (κ3) is 4.21. The molecule has 1 amide bonds. The van der Waals surface area contributed by atoms with Crippen LogP contribution in [-0.4, -0.2) is 43.2 Å². The normalized spacial score (nSPS) is 19.3. The second-order valence-electron chi connectivity index (χ2n) is 4.57. The summed E-state index contributed by atoms with van der Waals surface area (Å²) < 4.78 is 23.5. The molecule has 0 radical (unpaired) electrons. The first-order valence-corrected chi connectivity index (χ1v) is 6.43. The number of morpholine rings is 1. The van der Waals surface area contributed by atoms with Gasteiger partial charge in [0.25, 0.3) is 0 Å². The molecule has 4 nitrogen and oxygen atoms in total. The van der Waals surface area contributed by atoms with Gasteiger partial charge in [-0.25, -0.2) is 4.39 Å². The van der Waals surface area contributed by atoms with E-state index in [4.69, 9.17) is 9.47 Å². The van der Waals surface area contributed by atoms with Crippen molar-refractivity contribution in [3.8, 4) is 5.75 Å². The molecule has 1 aromatic rings. The van der Waals surface area contributed by atoms with Crippen LogP contribution in [0, 0.1) is 5.82 Å². The Labute approximate surface area is 112 Å². The van der Waals surface area contributed by atoms with Crippen molar-refractivity contribution in [3.63, 3.8) is 0 Å². The molecule has 1 atom stereocenters. The van der Waals surface area contributed by atoms with Gasteiger partial charge in [-0.15, -0.1) is 0 Å². The van der Waals surface area contributed by atoms with Crippen molar-refractivity contribution in [3.05, 3.63) is 30.1 Å².